The van der Waals surface area contributed by atoms with Crippen LogP contribution in [0.3, 0.4) is 0 Å². The summed E-state index contributed by atoms with van der Waals surface area (Å²) in [4.78, 5) is 19.4. The van der Waals surface area contributed by atoms with Crippen molar-refractivity contribution in [3.63, 3.8) is 0 Å². The van der Waals surface area contributed by atoms with E-state index in [1.54, 1.807) is 16.2 Å². The topological polar surface area (TPSA) is 54.5 Å². The molecule has 1 aliphatic heterocycles. The van der Waals surface area contributed by atoms with Gasteiger partial charge in [0.15, 0.2) is 0 Å². The van der Waals surface area contributed by atoms with Gasteiger partial charge in [-0.1, -0.05) is 12.1 Å². The number of aryl methyl sites for hydroxylation is 1. The fourth-order valence-corrected chi connectivity index (χ4v) is 3.10. The maximum absolute atomic E-state index is 12.1. The van der Waals surface area contributed by atoms with Gasteiger partial charge in [0.05, 0.1) is 13.1 Å². The molecule has 0 bridgehead atoms. The van der Waals surface area contributed by atoms with E-state index in [1.165, 1.54) is 0 Å². The second kappa shape index (κ2) is 6.79. The smallest absolute Gasteiger partial charge is 0.317 e. The third-order valence-electron chi connectivity index (χ3n) is 3.58. The van der Waals surface area contributed by atoms with Crippen molar-refractivity contribution in [3.8, 4) is 5.88 Å². The van der Waals surface area contributed by atoms with Gasteiger partial charge in [-0.25, -0.2) is 9.78 Å². The molecule has 6 heteroatoms. The van der Waals surface area contributed by atoms with Crippen LogP contribution in [0.1, 0.15) is 17.0 Å². The van der Waals surface area contributed by atoms with Crippen LogP contribution in [0.15, 0.2) is 35.7 Å². The highest BCUT2D eigenvalue weighted by molar-refractivity contribution is 7.09. The second-order valence-corrected chi connectivity index (χ2v) is 6.36. The predicted molar refractivity (Wildman–Crippen MR) is 86.1 cm³/mol. The largest absolute Gasteiger partial charge is 0.472 e. The van der Waals surface area contributed by atoms with E-state index in [0.29, 0.717) is 25.5 Å². The number of pyridine rings is 1. The average Bonchev–Trinajstić information content (AvgIpc) is 3.16. The Morgan fingerprint density at radius 3 is 3.14 bits per heavy atom. The van der Waals surface area contributed by atoms with E-state index in [0.717, 1.165) is 17.0 Å². The number of hydrogen-bond donors (Lipinski definition) is 1. The third kappa shape index (κ3) is 3.76. The Kier molecular flexibility index (Phi) is 4.58. The Morgan fingerprint density at radius 1 is 1.45 bits per heavy atom. The van der Waals surface area contributed by atoms with Gasteiger partial charge in [0.25, 0.3) is 0 Å². The van der Waals surface area contributed by atoms with Crippen molar-refractivity contribution >= 4 is 17.4 Å². The lowest BCUT2D eigenvalue weighted by molar-refractivity contribution is 0.183. The minimum Gasteiger partial charge on any atom is -0.472 e. The van der Waals surface area contributed by atoms with Crippen molar-refractivity contribution in [2.75, 3.05) is 13.1 Å². The number of aromatic nitrogens is 1. The first-order chi connectivity index (χ1) is 10.7. The minimum atomic E-state index is -0.0308. The van der Waals surface area contributed by atoms with Gasteiger partial charge in [-0.2, -0.15) is 0 Å². The number of urea groups is 1. The van der Waals surface area contributed by atoms with Gasteiger partial charge in [-0.05, 0) is 24.4 Å². The molecule has 1 fully saturated rings. The normalized spacial score (nSPS) is 17.5. The molecule has 0 aliphatic carbocycles. The number of carbonyl (C=O) groups excluding carboxylic acids is 1. The Bertz CT molecular complexity index is 630. The van der Waals surface area contributed by atoms with E-state index < -0.39 is 0 Å². The quantitative estimate of drug-likeness (QED) is 0.943. The van der Waals surface area contributed by atoms with Crippen molar-refractivity contribution in [1.82, 2.24) is 15.2 Å². The fourth-order valence-electron chi connectivity index (χ4n) is 2.45. The fraction of sp³-hybridized carbons (Fsp3) is 0.375. The number of rotatable bonds is 4. The summed E-state index contributed by atoms with van der Waals surface area (Å²) in [5.41, 5.74) is 0.932. The lowest BCUT2D eigenvalue weighted by Crippen LogP contribution is -2.38. The first kappa shape index (κ1) is 14.8. The Morgan fingerprint density at radius 2 is 2.36 bits per heavy atom. The van der Waals surface area contributed by atoms with Gasteiger partial charge in [0, 0.05) is 29.6 Å². The summed E-state index contributed by atoms with van der Waals surface area (Å²) in [5.74, 6) is 0.630. The van der Waals surface area contributed by atoms with E-state index in [4.69, 9.17) is 4.74 Å². The monoisotopic (exact) mass is 317 g/mol. The van der Waals surface area contributed by atoms with Crippen molar-refractivity contribution in [1.29, 1.82) is 0 Å². The number of nitrogens with one attached hydrogen (secondary N) is 1. The molecule has 1 aliphatic rings. The molecular formula is C16H19N3O2S. The van der Waals surface area contributed by atoms with Crippen molar-refractivity contribution in [3.05, 3.63) is 46.3 Å². The van der Waals surface area contributed by atoms with Gasteiger partial charge in [0.2, 0.25) is 5.88 Å². The van der Waals surface area contributed by atoms with E-state index in [-0.39, 0.29) is 12.1 Å². The second-order valence-electron chi connectivity index (χ2n) is 5.33. The summed E-state index contributed by atoms with van der Waals surface area (Å²) in [6.07, 6.45) is 0.851. The number of thiophene rings is 1. The lowest BCUT2D eigenvalue weighted by atomic mass is 10.3. The van der Waals surface area contributed by atoms with E-state index >= 15 is 0 Å². The Labute approximate surface area is 133 Å². The molecule has 116 valence electrons. The van der Waals surface area contributed by atoms with Crippen LogP contribution in [0.4, 0.5) is 4.79 Å². The molecule has 22 heavy (non-hydrogen) atoms. The molecule has 3 rings (SSSR count). The maximum atomic E-state index is 12.1. The highest BCUT2D eigenvalue weighted by Crippen LogP contribution is 2.17. The van der Waals surface area contributed by atoms with Crippen LogP contribution >= 0.6 is 11.3 Å². The predicted octanol–water partition coefficient (Wildman–Crippen LogP) is 2.81. The highest BCUT2D eigenvalue weighted by Gasteiger charge is 2.27. The van der Waals surface area contributed by atoms with Gasteiger partial charge >= 0.3 is 6.03 Å². The zero-order valence-corrected chi connectivity index (χ0v) is 13.3. The SMILES string of the molecule is Cc1cccc(OC2CCN(C(=O)NCc3cccs3)C2)n1. The van der Waals surface area contributed by atoms with Crippen LogP contribution in [-0.4, -0.2) is 35.1 Å². The summed E-state index contributed by atoms with van der Waals surface area (Å²) in [7, 11) is 0. The van der Waals surface area contributed by atoms with E-state index in [1.807, 2.05) is 42.6 Å². The lowest BCUT2D eigenvalue weighted by Gasteiger charge is -2.17. The molecule has 2 amide bonds. The van der Waals surface area contributed by atoms with E-state index in [2.05, 4.69) is 10.3 Å². The molecule has 1 unspecified atom stereocenters. The molecule has 0 saturated carbocycles. The number of likely N-dealkylation sites (tertiary alicyclic amines) is 1. The number of hydrogen-bond acceptors (Lipinski definition) is 4. The van der Waals surface area contributed by atoms with Crippen LogP contribution in [0.2, 0.25) is 0 Å². The first-order valence-corrected chi connectivity index (χ1v) is 8.24. The van der Waals surface area contributed by atoms with Crippen LogP contribution in [-0.2, 0) is 6.54 Å². The first-order valence-electron chi connectivity index (χ1n) is 7.36. The summed E-state index contributed by atoms with van der Waals surface area (Å²) in [5, 5.41) is 4.96. The van der Waals surface area contributed by atoms with Crippen molar-refractivity contribution in [2.24, 2.45) is 0 Å². The molecule has 1 atom stereocenters. The van der Waals surface area contributed by atoms with Crippen molar-refractivity contribution in [2.45, 2.75) is 26.0 Å². The summed E-state index contributed by atoms with van der Waals surface area (Å²) >= 11 is 1.64. The van der Waals surface area contributed by atoms with Crippen LogP contribution in [0.5, 0.6) is 5.88 Å². The third-order valence-corrected chi connectivity index (χ3v) is 4.45. The summed E-state index contributed by atoms with van der Waals surface area (Å²) in [6.45, 7) is 3.84. The number of ether oxygens (including phenoxy) is 1. The molecule has 5 nitrogen and oxygen atoms in total. The number of amides is 2. The zero-order valence-electron chi connectivity index (χ0n) is 12.5. The zero-order chi connectivity index (χ0) is 15.4. The highest BCUT2D eigenvalue weighted by atomic mass is 32.1. The molecule has 1 N–H and O–H groups in total. The van der Waals surface area contributed by atoms with Crippen LogP contribution in [0.25, 0.3) is 0 Å². The average molecular weight is 317 g/mol. The van der Waals surface area contributed by atoms with Gasteiger partial charge < -0.3 is 15.0 Å². The molecular weight excluding hydrogens is 298 g/mol. The molecule has 3 heterocycles. The molecule has 2 aromatic heterocycles. The van der Waals surface area contributed by atoms with Gasteiger partial charge in [-0.15, -0.1) is 11.3 Å². The minimum absolute atomic E-state index is 0.0155. The van der Waals surface area contributed by atoms with Crippen LogP contribution < -0.4 is 10.1 Å². The molecule has 0 spiro atoms. The van der Waals surface area contributed by atoms with Crippen molar-refractivity contribution < 1.29 is 9.53 Å². The Hall–Kier alpha value is -2.08. The number of carbonyl (C=O) groups is 1. The number of nitrogens with zero attached hydrogens (tertiary/aromatic N) is 2. The van der Waals surface area contributed by atoms with Gasteiger partial charge in [0.1, 0.15) is 6.10 Å². The van der Waals surface area contributed by atoms with Crippen LogP contribution in [0, 0.1) is 6.92 Å². The van der Waals surface area contributed by atoms with E-state index in [9.17, 15) is 4.79 Å². The molecule has 1 saturated heterocycles. The molecule has 2 aromatic rings. The van der Waals surface area contributed by atoms with Gasteiger partial charge in [-0.3, -0.25) is 0 Å². The molecule has 0 aromatic carbocycles. The standard InChI is InChI=1S/C16H19N3O2S/c1-12-4-2-6-15(18-12)21-13-7-8-19(11-13)16(20)17-10-14-5-3-9-22-14/h2-6,9,13H,7-8,10-11H2,1H3,(H,17,20). The molecule has 0 radical (unpaired) electrons. The maximum Gasteiger partial charge on any atom is 0.317 e. The summed E-state index contributed by atoms with van der Waals surface area (Å²) < 4.78 is 5.86. The Balaban J connectivity index is 1.48. The summed E-state index contributed by atoms with van der Waals surface area (Å²) in [6, 6.07) is 9.69.